The number of hydrogen-bond acceptors (Lipinski definition) is 3. The summed E-state index contributed by atoms with van der Waals surface area (Å²) in [5.41, 5.74) is 2.36. The number of fused-ring (bicyclic) bond motifs is 1. The highest BCUT2D eigenvalue weighted by Gasteiger charge is 2.44. The van der Waals surface area contributed by atoms with Gasteiger partial charge in [-0.1, -0.05) is 23.7 Å². The van der Waals surface area contributed by atoms with Gasteiger partial charge in [-0.25, -0.2) is 13.9 Å². The average Bonchev–Trinajstić information content (AvgIpc) is 3.24. The molecule has 1 aliphatic rings. The number of aryl methyl sites for hydroxylation is 1. The van der Waals surface area contributed by atoms with Crippen LogP contribution < -0.4 is 5.32 Å². The predicted molar refractivity (Wildman–Crippen MR) is 88.6 cm³/mol. The molecule has 3 aromatic rings. The zero-order valence-corrected chi connectivity index (χ0v) is 13.6. The second-order valence-corrected chi connectivity index (χ2v) is 6.40. The van der Waals surface area contributed by atoms with Crippen molar-refractivity contribution in [1.82, 2.24) is 14.6 Å². The van der Waals surface area contributed by atoms with E-state index in [-0.39, 0.29) is 23.6 Å². The number of hydrogen-bond donors (Lipinski definition) is 1. The summed E-state index contributed by atoms with van der Waals surface area (Å²) < 4.78 is 14.5. The molecule has 1 aromatic carbocycles. The van der Waals surface area contributed by atoms with Gasteiger partial charge in [-0.15, -0.1) is 0 Å². The zero-order chi connectivity index (χ0) is 16.8. The number of amides is 1. The number of halogens is 2. The lowest BCUT2D eigenvalue weighted by Crippen LogP contribution is -2.16. The molecule has 2 aromatic heterocycles. The van der Waals surface area contributed by atoms with E-state index in [2.05, 4.69) is 15.4 Å². The monoisotopic (exact) mass is 344 g/mol. The fourth-order valence-electron chi connectivity index (χ4n) is 2.90. The van der Waals surface area contributed by atoms with Crippen LogP contribution in [0.25, 0.3) is 5.65 Å². The van der Waals surface area contributed by atoms with Gasteiger partial charge in [0.2, 0.25) is 5.91 Å². The number of carbonyl (C=O) groups is 1. The Morgan fingerprint density at radius 3 is 2.83 bits per heavy atom. The van der Waals surface area contributed by atoms with E-state index in [1.165, 1.54) is 16.6 Å². The lowest BCUT2D eigenvalue weighted by atomic mass is 10.1. The van der Waals surface area contributed by atoms with Crippen molar-refractivity contribution >= 4 is 29.0 Å². The molecular weight excluding hydrogens is 331 g/mol. The summed E-state index contributed by atoms with van der Waals surface area (Å²) in [4.78, 5) is 16.7. The Hall–Kier alpha value is -2.47. The molecule has 1 saturated carbocycles. The predicted octanol–water partition coefficient (Wildman–Crippen LogP) is 3.57. The van der Waals surface area contributed by atoms with E-state index in [4.69, 9.17) is 11.6 Å². The molecule has 1 N–H and O–H groups in total. The lowest BCUT2D eigenvalue weighted by molar-refractivity contribution is -0.117. The van der Waals surface area contributed by atoms with Crippen molar-refractivity contribution in [3.63, 3.8) is 0 Å². The van der Waals surface area contributed by atoms with Gasteiger partial charge in [0.15, 0.2) is 5.65 Å². The summed E-state index contributed by atoms with van der Waals surface area (Å²) in [5.74, 6) is 0.0280. The molecule has 1 aliphatic carbocycles. The fraction of sp³-hybridized carbons (Fsp3) is 0.235. The van der Waals surface area contributed by atoms with Crippen LogP contribution in [0, 0.1) is 18.7 Å². The average molecular weight is 345 g/mol. The van der Waals surface area contributed by atoms with E-state index in [1.807, 2.05) is 6.92 Å². The standard InChI is InChI=1S/C17H14ClFN4O/c1-9-6-16-20-15(8-14(18)23(16)22-9)21-17(24)13-7-12(13)10-2-4-11(19)5-3-10/h2-6,8,12-13H,7H2,1H3,(H,20,21,24)/t12-,13+/m0/s1. The second-order valence-electron chi connectivity index (χ2n) is 6.01. The van der Waals surface area contributed by atoms with E-state index < -0.39 is 0 Å². The van der Waals surface area contributed by atoms with Crippen LogP contribution in [0.3, 0.4) is 0 Å². The normalized spacial score (nSPS) is 19.5. The summed E-state index contributed by atoms with van der Waals surface area (Å²) in [7, 11) is 0. The van der Waals surface area contributed by atoms with Crippen LogP contribution in [-0.4, -0.2) is 20.5 Å². The Morgan fingerprint density at radius 2 is 2.08 bits per heavy atom. The summed E-state index contributed by atoms with van der Waals surface area (Å²) >= 11 is 6.17. The highest BCUT2D eigenvalue weighted by molar-refractivity contribution is 6.30. The van der Waals surface area contributed by atoms with Crippen molar-refractivity contribution < 1.29 is 9.18 Å². The first kappa shape index (κ1) is 15.1. The van der Waals surface area contributed by atoms with Gasteiger partial charge >= 0.3 is 0 Å². The van der Waals surface area contributed by atoms with Gasteiger partial charge in [0, 0.05) is 18.1 Å². The van der Waals surface area contributed by atoms with Crippen molar-refractivity contribution in [3.8, 4) is 0 Å². The molecule has 2 heterocycles. The molecule has 1 amide bonds. The minimum absolute atomic E-state index is 0.103. The summed E-state index contributed by atoms with van der Waals surface area (Å²) in [6.45, 7) is 1.85. The van der Waals surface area contributed by atoms with Crippen molar-refractivity contribution in [1.29, 1.82) is 0 Å². The van der Waals surface area contributed by atoms with Crippen molar-refractivity contribution in [2.45, 2.75) is 19.3 Å². The molecule has 0 saturated heterocycles. The van der Waals surface area contributed by atoms with Crippen LogP contribution in [0.2, 0.25) is 5.15 Å². The van der Waals surface area contributed by atoms with E-state index >= 15 is 0 Å². The molecule has 0 aliphatic heterocycles. The third-order valence-corrected chi connectivity index (χ3v) is 4.45. The Labute approximate surface area is 142 Å². The molecule has 24 heavy (non-hydrogen) atoms. The first-order chi connectivity index (χ1) is 11.5. The van der Waals surface area contributed by atoms with E-state index in [9.17, 15) is 9.18 Å². The second kappa shape index (κ2) is 5.56. The number of benzene rings is 1. The third-order valence-electron chi connectivity index (χ3n) is 4.18. The summed E-state index contributed by atoms with van der Waals surface area (Å²) in [6, 6.07) is 9.65. The largest absolute Gasteiger partial charge is 0.310 e. The van der Waals surface area contributed by atoms with Crippen LogP contribution in [-0.2, 0) is 4.79 Å². The molecule has 2 atom stereocenters. The van der Waals surface area contributed by atoms with Crippen molar-refractivity contribution in [3.05, 3.63) is 58.6 Å². The van der Waals surface area contributed by atoms with E-state index in [0.717, 1.165) is 17.7 Å². The van der Waals surface area contributed by atoms with Gasteiger partial charge in [0.25, 0.3) is 0 Å². The zero-order valence-electron chi connectivity index (χ0n) is 12.8. The van der Waals surface area contributed by atoms with Crippen molar-refractivity contribution in [2.24, 2.45) is 5.92 Å². The van der Waals surface area contributed by atoms with Gasteiger partial charge in [-0.05, 0) is 37.0 Å². The number of nitrogens with one attached hydrogen (secondary N) is 1. The maximum absolute atomic E-state index is 13.0. The summed E-state index contributed by atoms with van der Waals surface area (Å²) in [5, 5.41) is 7.41. The fourth-order valence-corrected chi connectivity index (χ4v) is 3.13. The minimum atomic E-state index is -0.274. The lowest BCUT2D eigenvalue weighted by Gasteiger charge is -2.06. The van der Waals surface area contributed by atoms with Gasteiger partial charge < -0.3 is 5.32 Å². The van der Waals surface area contributed by atoms with E-state index in [1.54, 1.807) is 24.3 Å². The topological polar surface area (TPSA) is 59.3 Å². The molecule has 0 bridgehead atoms. The smallest absolute Gasteiger partial charge is 0.229 e. The Bertz CT molecular complexity index is 938. The van der Waals surface area contributed by atoms with Gasteiger partial charge in [0.05, 0.1) is 5.69 Å². The Morgan fingerprint density at radius 1 is 1.33 bits per heavy atom. The summed E-state index contributed by atoms with van der Waals surface area (Å²) in [6.07, 6.45) is 0.749. The first-order valence-electron chi connectivity index (χ1n) is 7.60. The minimum Gasteiger partial charge on any atom is -0.310 e. The number of nitrogens with zero attached hydrogens (tertiary/aromatic N) is 3. The molecule has 5 nitrogen and oxygen atoms in total. The SMILES string of the molecule is Cc1cc2nc(NC(=O)[C@@H]3C[C@H]3c3ccc(F)cc3)cc(Cl)n2n1. The molecule has 0 spiro atoms. The molecule has 0 unspecified atom stereocenters. The maximum Gasteiger partial charge on any atom is 0.229 e. The van der Waals surface area contributed by atoms with Gasteiger partial charge in [0.1, 0.15) is 16.8 Å². The van der Waals surface area contributed by atoms with Crippen LogP contribution in [0.1, 0.15) is 23.6 Å². The Kier molecular flexibility index (Phi) is 3.49. The quantitative estimate of drug-likeness (QED) is 0.739. The molecule has 4 rings (SSSR count). The van der Waals surface area contributed by atoms with Crippen LogP contribution in [0.5, 0.6) is 0 Å². The van der Waals surface area contributed by atoms with Crippen LogP contribution >= 0.6 is 11.6 Å². The molecule has 122 valence electrons. The third kappa shape index (κ3) is 2.73. The Balaban J connectivity index is 1.50. The first-order valence-corrected chi connectivity index (χ1v) is 7.98. The number of rotatable bonds is 3. The maximum atomic E-state index is 13.0. The number of carbonyl (C=O) groups excluding carboxylic acids is 1. The van der Waals surface area contributed by atoms with Crippen LogP contribution in [0.15, 0.2) is 36.4 Å². The molecule has 0 radical (unpaired) electrons. The molecular formula is C17H14ClFN4O. The number of anilines is 1. The van der Waals surface area contributed by atoms with Gasteiger partial charge in [-0.2, -0.15) is 5.10 Å². The van der Waals surface area contributed by atoms with Crippen LogP contribution in [0.4, 0.5) is 10.2 Å². The number of aromatic nitrogens is 3. The highest BCUT2D eigenvalue weighted by atomic mass is 35.5. The molecule has 1 fully saturated rings. The highest BCUT2D eigenvalue weighted by Crippen LogP contribution is 2.47. The van der Waals surface area contributed by atoms with Crippen molar-refractivity contribution in [2.75, 3.05) is 5.32 Å². The van der Waals surface area contributed by atoms with E-state index in [0.29, 0.717) is 16.6 Å². The van der Waals surface area contributed by atoms with Gasteiger partial charge in [-0.3, -0.25) is 4.79 Å². The molecule has 7 heteroatoms.